The van der Waals surface area contributed by atoms with Gasteiger partial charge in [-0.25, -0.2) is 4.79 Å². The SMILES string of the molecule is CC(C)(C)c1ccc(OCC(=O)Nc2ccc(OCC(=O)O)cc2)cc1. The topological polar surface area (TPSA) is 84.9 Å². The van der Waals surface area contributed by atoms with E-state index in [9.17, 15) is 9.59 Å². The average molecular weight is 357 g/mol. The van der Waals surface area contributed by atoms with Gasteiger partial charge < -0.3 is 19.9 Å². The maximum atomic E-state index is 12.0. The van der Waals surface area contributed by atoms with Crippen LogP contribution in [0.1, 0.15) is 26.3 Å². The number of hydrogen-bond acceptors (Lipinski definition) is 4. The largest absolute Gasteiger partial charge is 0.484 e. The molecule has 138 valence electrons. The molecule has 0 spiro atoms. The van der Waals surface area contributed by atoms with E-state index in [2.05, 4.69) is 26.1 Å². The minimum atomic E-state index is -1.05. The Morgan fingerprint density at radius 1 is 0.885 bits per heavy atom. The Morgan fingerprint density at radius 2 is 1.38 bits per heavy atom. The summed E-state index contributed by atoms with van der Waals surface area (Å²) in [5.74, 6) is -0.287. The van der Waals surface area contributed by atoms with Crippen molar-refractivity contribution in [2.75, 3.05) is 18.5 Å². The van der Waals surface area contributed by atoms with Crippen molar-refractivity contribution >= 4 is 17.6 Å². The summed E-state index contributed by atoms with van der Waals surface area (Å²) in [5, 5.41) is 11.3. The van der Waals surface area contributed by atoms with E-state index in [0.29, 0.717) is 17.2 Å². The summed E-state index contributed by atoms with van der Waals surface area (Å²) >= 11 is 0. The summed E-state index contributed by atoms with van der Waals surface area (Å²) in [7, 11) is 0. The van der Waals surface area contributed by atoms with E-state index in [1.165, 1.54) is 5.56 Å². The van der Waals surface area contributed by atoms with Gasteiger partial charge in [0.15, 0.2) is 13.2 Å². The van der Waals surface area contributed by atoms with Gasteiger partial charge in [0.2, 0.25) is 0 Å². The molecule has 2 rings (SSSR count). The quantitative estimate of drug-likeness (QED) is 0.793. The molecule has 0 radical (unpaired) electrons. The van der Waals surface area contributed by atoms with Crippen LogP contribution in [0.5, 0.6) is 11.5 Å². The maximum absolute atomic E-state index is 12.0. The molecule has 0 aliphatic carbocycles. The summed E-state index contributed by atoms with van der Waals surface area (Å²) in [4.78, 5) is 22.4. The van der Waals surface area contributed by atoms with Crippen LogP contribution in [0.15, 0.2) is 48.5 Å². The van der Waals surface area contributed by atoms with Crippen molar-refractivity contribution in [1.82, 2.24) is 0 Å². The zero-order valence-corrected chi connectivity index (χ0v) is 15.1. The van der Waals surface area contributed by atoms with Gasteiger partial charge in [-0.3, -0.25) is 4.79 Å². The first-order valence-electron chi connectivity index (χ1n) is 8.22. The van der Waals surface area contributed by atoms with Gasteiger partial charge >= 0.3 is 5.97 Å². The first-order chi connectivity index (χ1) is 12.2. The number of nitrogens with one attached hydrogen (secondary N) is 1. The third kappa shape index (κ3) is 6.12. The maximum Gasteiger partial charge on any atom is 0.341 e. The van der Waals surface area contributed by atoms with Crippen molar-refractivity contribution in [3.63, 3.8) is 0 Å². The fraction of sp³-hybridized carbons (Fsp3) is 0.300. The molecule has 0 aliphatic heterocycles. The second-order valence-electron chi connectivity index (χ2n) is 6.82. The average Bonchev–Trinajstić information content (AvgIpc) is 2.59. The van der Waals surface area contributed by atoms with Gasteiger partial charge in [-0.05, 0) is 47.4 Å². The minimum Gasteiger partial charge on any atom is -0.484 e. The summed E-state index contributed by atoms with van der Waals surface area (Å²) in [6, 6.07) is 14.1. The van der Waals surface area contributed by atoms with Gasteiger partial charge in [0.05, 0.1) is 0 Å². The Labute approximate surface area is 152 Å². The molecule has 26 heavy (non-hydrogen) atoms. The number of carbonyl (C=O) groups is 2. The number of carboxylic acid groups (broad SMARTS) is 1. The fourth-order valence-corrected chi connectivity index (χ4v) is 2.18. The monoisotopic (exact) mass is 357 g/mol. The zero-order chi connectivity index (χ0) is 19.2. The summed E-state index contributed by atoms with van der Waals surface area (Å²) in [6.07, 6.45) is 0. The lowest BCUT2D eigenvalue weighted by molar-refractivity contribution is -0.139. The lowest BCUT2D eigenvalue weighted by Gasteiger charge is -2.19. The molecular weight excluding hydrogens is 334 g/mol. The van der Waals surface area contributed by atoms with Crippen molar-refractivity contribution in [2.24, 2.45) is 0 Å². The molecule has 0 bridgehead atoms. The molecule has 0 atom stereocenters. The van der Waals surface area contributed by atoms with Gasteiger partial charge in [0, 0.05) is 5.69 Å². The molecule has 0 aliphatic rings. The van der Waals surface area contributed by atoms with Crippen LogP contribution in [-0.4, -0.2) is 30.2 Å². The number of anilines is 1. The fourth-order valence-electron chi connectivity index (χ4n) is 2.18. The van der Waals surface area contributed by atoms with E-state index >= 15 is 0 Å². The highest BCUT2D eigenvalue weighted by atomic mass is 16.5. The highest BCUT2D eigenvalue weighted by Gasteiger charge is 2.13. The number of ether oxygens (including phenoxy) is 2. The van der Waals surface area contributed by atoms with Gasteiger partial charge in [-0.1, -0.05) is 32.9 Å². The van der Waals surface area contributed by atoms with E-state index in [1.54, 1.807) is 24.3 Å². The second-order valence-corrected chi connectivity index (χ2v) is 6.82. The molecular formula is C20H23NO5. The smallest absolute Gasteiger partial charge is 0.341 e. The zero-order valence-electron chi connectivity index (χ0n) is 15.1. The second kappa shape index (κ2) is 8.38. The first-order valence-corrected chi connectivity index (χ1v) is 8.22. The van der Waals surface area contributed by atoms with Crippen LogP contribution >= 0.6 is 0 Å². The van der Waals surface area contributed by atoms with E-state index in [1.807, 2.05) is 24.3 Å². The summed E-state index contributed by atoms with van der Waals surface area (Å²) in [6.45, 7) is 5.89. The molecule has 0 unspecified atom stereocenters. The molecule has 2 aromatic rings. The number of benzene rings is 2. The highest BCUT2D eigenvalue weighted by molar-refractivity contribution is 5.91. The van der Waals surface area contributed by atoms with Crippen LogP contribution in [0.3, 0.4) is 0 Å². The molecule has 6 nitrogen and oxygen atoms in total. The Kier molecular flexibility index (Phi) is 6.22. The van der Waals surface area contributed by atoms with E-state index in [0.717, 1.165) is 0 Å². The number of carbonyl (C=O) groups excluding carboxylic acids is 1. The number of amides is 1. The molecule has 0 aromatic heterocycles. The number of hydrogen-bond donors (Lipinski definition) is 2. The molecule has 0 heterocycles. The number of carboxylic acids is 1. The molecule has 0 fully saturated rings. The van der Waals surface area contributed by atoms with Crippen molar-refractivity contribution in [2.45, 2.75) is 26.2 Å². The highest BCUT2D eigenvalue weighted by Crippen LogP contribution is 2.24. The Hall–Kier alpha value is -3.02. The van der Waals surface area contributed by atoms with Gasteiger partial charge in [0.1, 0.15) is 11.5 Å². The Balaban J connectivity index is 1.82. The molecule has 2 aromatic carbocycles. The third-order valence-electron chi connectivity index (χ3n) is 3.59. The van der Waals surface area contributed by atoms with Crippen LogP contribution in [0.2, 0.25) is 0 Å². The van der Waals surface area contributed by atoms with Crippen molar-refractivity contribution in [1.29, 1.82) is 0 Å². The number of rotatable bonds is 7. The van der Waals surface area contributed by atoms with Crippen molar-refractivity contribution in [3.8, 4) is 11.5 Å². The predicted molar refractivity (Wildman–Crippen MR) is 98.8 cm³/mol. The van der Waals surface area contributed by atoms with E-state index in [-0.39, 0.29) is 17.9 Å². The first kappa shape index (κ1) is 19.3. The predicted octanol–water partition coefficient (Wildman–Crippen LogP) is 3.47. The Morgan fingerprint density at radius 3 is 1.88 bits per heavy atom. The van der Waals surface area contributed by atoms with Crippen LogP contribution in [0.25, 0.3) is 0 Å². The third-order valence-corrected chi connectivity index (χ3v) is 3.59. The minimum absolute atomic E-state index is 0.0657. The van der Waals surface area contributed by atoms with Crippen LogP contribution in [0, 0.1) is 0 Å². The van der Waals surface area contributed by atoms with E-state index in [4.69, 9.17) is 14.6 Å². The van der Waals surface area contributed by atoms with Crippen molar-refractivity contribution in [3.05, 3.63) is 54.1 Å². The summed E-state index contributed by atoms with van der Waals surface area (Å²) < 4.78 is 10.5. The Bertz CT molecular complexity index is 745. The van der Waals surface area contributed by atoms with E-state index < -0.39 is 12.6 Å². The van der Waals surface area contributed by atoms with Crippen LogP contribution in [0.4, 0.5) is 5.69 Å². The molecule has 6 heteroatoms. The van der Waals surface area contributed by atoms with Crippen molar-refractivity contribution < 1.29 is 24.2 Å². The number of aliphatic carboxylic acids is 1. The normalized spacial score (nSPS) is 10.9. The van der Waals surface area contributed by atoms with Gasteiger partial charge in [-0.2, -0.15) is 0 Å². The lowest BCUT2D eigenvalue weighted by Crippen LogP contribution is -2.20. The standard InChI is InChI=1S/C20H23NO5/c1-20(2,3)14-4-8-16(9-5-14)25-12-18(22)21-15-6-10-17(11-7-15)26-13-19(23)24/h4-11H,12-13H2,1-3H3,(H,21,22)(H,23,24). The van der Waals surface area contributed by atoms with Gasteiger partial charge in [-0.15, -0.1) is 0 Å². The molecule has 2 N–H and O–H groups in total. The van der Waals surface area contributed by atoms with Crippen LogP contribution < -0.4 is 14.8 Å². The van der Waals surface area contributed by atoms with Gasteiger partial charge in [0.25, 0.3) is 5.91 Å². The van der Waals surface area contributed by atoms with Crippen LogP contribution in [-0.2, 0) is 15.0 Å². The summed E-state index contributed by atoms with van der Waals surface area (Å²) in [5.41, 5.74) is 1.83. The molecule has 0 saturated carbocycles. The molecule has 0 saturated heterocycles. The molecule has 1 amide bonds. The lowest BCUT2D eigenvalue weighted by atomic mass is 9.87.